The van der Waals surface area contributed by atoms with Crippen LogP contribution in [0.4, 0.5) is 11.4 Å². The number of sulfonamides is 1. The highest BCUT2D eigenvalue weighted by molar-refractivity contribution is 7.89. The third-order valence-corrected chi connectivity index (χ3v) is 8.44. The second-order valence-corrected chi connectivity index (χ2v) is 13.3. The molecule has 0 amide bonds. The van der Waals surface area contributed by atoms with Crippen molar-refractivity contribution >= 4 is 41.6 Å². The molecule has 0 unspecified atom stereocenters. The Morgan fingerprint density at radius 3 is 2.00 bits per heavy atom. The number of benzene rings is 1. The largest absolute Gasteiger partial charge is 0.391 e. The minimum Gasteiger partial charge on any atom is -0.391 e. The minimum atomic E-state index is -4.25. The van der Waals surface area contributed by atoms with Crippen molar-refractivity contribution in [2.24, 2.45) is 0 Å². The number of aliphatic hydroxyl groups excluding tert-OH is 1. The summed E-state index contributed by atoms with van der Waals surface area (Å²) in [7, 11) is -11.9. The van der Waals surface area contributed by atoms with Crippen LogP contribution in [0.1, 0.15) is 0 Å². The normalized spacial score (nSPS) is 16.2. The zero-order valence-corrected chi connectivity index (χ0v) is 22.3. The summed E-state index contributed by atoms with van der Waals surface area (Å²) in [4.78, 5) is 12.6. The van der Waals surface area contributed by atoms with Crippen LogP contribution >= 0.6 is 0 Å². The fourth-order valence-corrected chi connectivity index (χ4v) is 6.05. The van der Waals surface area contributed by atoms with E-state index in [1.807, 2.05) is 0 Å². The summed E-state index contributed by atoms with van der Waals surface area (Å²) in [5, 5.41) is 20.5. The summed E-state index contributed by atoms with van der Waals surface area (Å²) in [6.45, 7) is 0.360. The highest BCUT2D eigenvalue weighted by atomic mass is 32.2. The van der Waals surface area contributed by atoms with Gasteiger partial charge in [0.2, 0.25) is 10.0 Å². The number of rotatable bonds is 14. The standard InChI is InChI=1S/C18H30N4O11S3/c1-34(26,27)32-13-10-20(11-14-33-35(2,28)29)17-4-3-16(22(24)25)15-18(17)36(30,31)21-7-5-19(6-8-21)9-12-23/h3-4,15,23H,5-14H2,1-2H3/p+1. The van der Waals surface area contributed by atoms with Crippen molar-refractivity contribution < 1.29 is 48.5 Å². The van der Waals surface area contributed by atoms with E-state index in [1.165, 1.54) is 15.3 Å². The number of quaternary nitrogens is 1. The first-order valence-corrected chi connectivity index (χ1v) is 15.9. The second kappa shape index (κ2) is 12.5. The van der Waals surface area contributed by atoms with Crippen LogP contribution in [0.2, 0.25) is 0 Å². The zero-order valence-electron chi connectivity index (χ0n) is 19.9. The van der Waals surface area contributed by atoms with Crippen LogP contribution in [-0.2, 0) is 38.6 Å². The highest BCUT2D eigenvalue weighted by Crippen LogP contribution is 2.32. The van der Waals surface area contributed by atoms with Gasteiger partial charge in [0.05, 0.1) is 69.1 Å². The monoisotopic (exact) mass is 575 g/mol. The zero-order chi connectivity index (χ0) is 27.1. The molecule has 0 atom stereocenters. The van der Waals surface area contributed by atoms with Crippen LogP contribution < -0.4 is 9.80 Å². The molecule has 1 fully saturated rings. The van der Waals surface area contributed by atoms with E-state index in [0.29, 0.717) is 19.6 Å². The maximum absolute atomic E-state index is 13.6. The first kappa shape index (κ1) is 30.3. The number of nitrogens with zero attached hydrogens (tertiary/aromatic N) is 3. The average molecular weight is 576 g/mol. The van der Waals surface area contributed by atoms with Gasteiger partial charge in [-0.25, -0.2) is 8.42 Å². The average Bonchev–Trinajstić information content (AvgIpc) is 2.76. The predicted molar refractivity (Wildman–Crippen MR) is 128 cm³/mol. The van der Waals surface area contributed by atoms with Gasteiger partial charge in [-0.1, -0.05) is 0 Å². The highest BCUT2D eigenvalue weighted by Gasteiger charge is 2.34. The van der Waals surface area contributed by atoms with E-state index in [2.05, 4.69) is 0 Å². The van der Waals surface area contributed by atoms with E-state index in [9.17, 15) is 35.4 Å². The molecule has 1 aliphatic rings. The maximum Gasteiger partial charge on any atom is 0.270 e. The van der Waals surface area contributed by atoms with Crippen molar-refractivity contribution in [1.29, 1.82) is 0 Å². The number of non-ortho nitro benzene ring substituents is 1. The van der Waals surface area contributed by atoms with Crippen LogP contribution in [0.3, 0.4) is 0 Å². The molecule has 36 heavy (non-hydrogen) atoms. The molecule has 1 aliphatic heterocycles. The Kier molecular flexibility index (Phi) is 10.6. The Bertz CT molecular complexity index is 1190. The summed E-state index contributed by atoms with van der Waals surface area (Å²) >= 11 is 0. The van der Waals surface area contributed by atoms with Gasteiger partial charge >= 0.3 is 0 Å². The maximum atomic E-state index is 13.6. The van der Waals surface area contributed by atoms with Crippen molar-refractivity contribution in [2.45, 2.75) is 4.90 Å². The lowest BCUT2D eigenvalue weighted by atomic mass is 10.2. The third kappa shape index (κ3) is 9.18. The summed E-state index contributed by atoms with van der Waals surface area (Å²) in [6, 6.07) is 3.22. The van der Waals surface area contributed by atoms with E-state index < -0.39 is 54.1 Å². The van der Waals surface area contributed by atoms with Gasteiger partial charge in [-0.2, -0.15) is 21.1 Å². The molecular formula is C18H31N4O11S3+. The van der Waals surface area contributed by atoms with Gasteiger partial charge in [-0.15, -0.1) is 0 Å². The molecule has 1 aromatic rings. The van der Waals surface area contributed by atoms with E-state index >= 15 is 0 Å². The van der Waals surface area contributed by atoms with E-state index in [-0.39, 0.29) is 43.4 Å². The van der Waals surface area contributed by atoms with Crippen molar-refractivity contribution in [3.05, 3.63) is 28.3 Å². The summed E-state index contributed by atoms with van der Waals surface area (Å²) in [5.74, 6) is 0. The molecule has 0 spiro atoms. The molecule has 2 rings (SSSR count). The number of hydrogen-bond donors (Lipinski definition) is 2. The molecule has 206 valence electrons. The number of anilines is 1. The number of nitrogens with one attached hydrogen (secondary N) is 1. The van der Waals surface area contributed by atoms with Crippen molar-refractivity contribution in [3.8, 4) is 0 Å². The SMILES string of the molecule is CS(=O)(=O)OCCN(CCOS(C)(=O)=O)c1ccc([N+](=O)[O-])cc1S(=O)(=O)N1CC[NH+](CCO)CC1. The second-order valence-electron chi connectivity index (χ2n) is 8.08. The lowest BCUT2D eigenvalue weighted by Crippen LogP contribution is -3.15. The lowest BCUT2D eigenvalue weighted by Gasteiger charge is -2.33. The molecule has 1 saturated heterocycles. The fourth-order valence-electron chi connectivity index (χ4n) is 3.62. The van der Waals surface area contributed by atoms with Crippen molar-refractivity contribution in [3.63, 3.8) is 0 Å². The molecule has 0 radical (unpaired) electrons. The van der Waals surface area contributed by atoms with Crippen LogP contribution in [0.5, 0.6) is 0 Å². The molecule has 0 bridgehead atoms. The van der Waals surface area contributed by atoms with Gasteiger partial charge in [-0.3, -0.25) is 18.5 Å². The van der Waals surface area contributed by atoms with Crippen LogP contribution in [0.15, 0.2) is 23.1 Å². The molecule has 1 heterocycles. The molecule has 1 aromatic carbocycles. The Hall–Kier alpha value is -1.93. The number of hydrogen-bond acceptors (Lipinski definition) is 12. The van der Waals surface area contributed by atoms with E-state index in [0.717, 1.165) is 29.5 Å². The molecule has 0 aliphatic carbocycles. The van der Waals surface area contributed by atoms with E-state index in [4.69, 9.17) is 13.5 Å². The quantitative estimate of drug-likeness (QED) is 0.132. The Morgan fingerprint density at radius 2 is 1.56 bits per heavy atom. The van der Waals surface area contributed by atoms with Crippen molar-refractivity contribution in [2.75, 3.05) is 83.0 Å². The molecule has 18 heteroatoms. The Labute approximate surface area is 210 Å². The topological polar surface area (TPSA) is 195 Å². The van der Waals surface area contributed by atoms with Crippen LogP contribution in [-0.4, -0.2) is 118 Å². The molecule has 0 aromatic heterocycles. The summed E-state index contributed by atoms with van der Waals surface area (Å²) in [5.41, 5.74) is -0.471. The van der Waals surface area contributed by atoms with Gasteiger partial charge in [0.25, 0.3) is 25.9 Å². The summed E-state index contributed by atoms with van der Waals surface area (Å²) < 4.78 is 83.4. The van der Waals surface area contributed by atoms with Gasteiger partial charge < -0.3 is 14.9 Å². The third-order valence-electron chi connectivity index (χ3n) is 5.32. The Morgan fingerprint density at radius 1 is 1.03 bits per heavy atom. The number of nitro benzene ring substituents is 1. The summed E-state index contributed by atoms with van der Waals surface area (Å²) in [6.07, 6.45) is 1.68. The number of nitro groups is 1. The van der Waals surface area contributed by atoms with Crippen molar-refractivity contribution in [1.82, 2.24) is 4.31 Å². The van der Waals surface area contributed by atoms with Gasteiger partial charge in [0, 0.05) is 25.2 Å². The van der Waals surface area contributed by atoms with Gasteiger partial charge in [0.15, 0.2) is 0 Å². The minimum absolute atomic E-state index is 0.0000586. The lowest BCUT2D eigenvalue weighted by molar-refractivity contribution is -0.904. The first-order chi connectivity index (χ1) is 16.6. The molecule has 2 N–H and O–H groups in total. The molecule has 0 saturated carbocycles. The first-order valence-electron chi connectivity index (χ1n) is 10.8. The van der Waals surface area contributed by atoms with Crippen LogP contribution in [0, 0.1) is 10.1 Å². The van der Waals surface area contributed by atoms with Gasteiger partial charge in [-0.05, 0) is 6.07 Å². The van der Waals surface area contributed by atoms with Gasteiger partial charge in [0.1, 0.15) is 11.4 Å². The number of piperazine rings is 1. The predicted octanol–water partition coefficient (Wildman–Crippen LogP) is -2.76. The molecular weight excluding hydrogens is 544 g/mol. The number of aliphatic hydroxyl groups is 1. The van der Waals surface area contributed by atoms with Crippen LogP contribution in [0.25, 0.3) is 0 Å². The Balaban J connectivity index is 2.45. The smallest absolute Gasteiger partial charge is 0.270 e. The molecule has 15 nitrogen and oxygen atoms in total. The van der Waals surface area contributed by atoms with E-state index in [1.54, 1.807) is 0 Å². The fraction of sp³-hybridized carbons (Fsp3) is 0.667.